The molecule has 1 N–H and O–H groups in total. The number of hydrogen-bond donors (Lipinski definition) is 1. The summed E-state index contributed by atoms with van der Waals surface area (Å²) in [6.45, 7) is 1.01. The Labute approximate surface area is 158 Å². The zero-order chi connectivity index (χ0) is 19.4. The summed E-state index contributed by atoms with van der Waals surface area (Å²) in [5.74, 6) is -2.18. The first kappa shape index (κ1) is 19.1. The SMILES string of the molecule is CC(C(=O)OCC(=O)NC1CCCCCC1)N1C(=O)c2ccccc2C1=O. The number of fused-ring (bicyclic) bond motifs is 1. The third kappa shape index (κ3) is 4.18. The lowest BCUT2D eigenvalue weighted by molar-refractivity contribution is -0.152. The summed E-state index contributed by atoms with van der Waals surface area (Å²) in [4.78, 5) is 50.0. The van der Waals surface area contributed by atoms with Gasteiger partial charge in [-0.2, -0.15) is 0 Å². The molecule has 0 spiro atoms. The Morgan fingerprint density at radius 1 is 1.07 bits per heavy atom. The number of amides is 3. The van der Waals surface area contributed by atoms with E-state index in [1.165, 1.54) is 19.8 Å². The predicted octanol–water partition coefficient (Wildman–Crippen LogP) is 2.05. The van der Waals surface area contributed by atoms with Gasteiger partial charge in [0.25, 0.3) is 17.7 Å². The number of imide groups is 1. The number of nitrogens with zero attached hydrogens (tertiary/aromatic N) is 1. The molecule has 1 saturated carbocycles. The van der Waals surface area contributed by atoms with E-state index in [1.54, 1.807) is 24.3 Å². The van der Waals surface area contributed by atoms with Crippen LogP contribution >= 0.6 is 0 Å². The first-order valence-corrected chi connectivity index (χ1v) is 9.42. The van der Waals surface area contributed by atoms with Gasteiger partial charge in [0, 0.05) is 6.04 Å². The molecule has 1 aliphatic heterocycles. The van der Waals surface area contributed by atoms with Crippen LogP contribution in [0.3, 0.4) is 0 Å². The van der Waals surface area contributed by atoms with E-state index < -0.39 is 30.4 Å². The molecule has 7 heteroatoms. The molecule has 1 aliphatic carbocycles. The number of esters is 1. The van der Waals surface area contributed by atoms with Crippen molar-refractivity contribution in [3.8, 4) is 0 Å². The molecule has 7 nitrogen and oxygen atoms in total. The van der Waals surface area contributed by atoms with Gasteiger partial charge in [-0.3, -0.25) is 19.3 Å². The minimum atomic E-state index is -1.09. The summed E-state index contributed by atoms with van der Waals surface area (Å²) < 4.78 is 5.05. The summed E-state index contributed by atoms with van der Waals surface area (Å²) in [6.07, 6.45) is 6.40. The highest BCUT2D eigenvalue weighted by Gasteiger charge is 2.41. The van der Waals surface area contributed by atoms with Gasteiger partial charge >= 0.3 is 5.97 Å². The van der Waals surface area contributed by atoms with E-state index in [1.807, 2.05) is 0 Å². The molecule has 1 aromatic rings. The normalized spacial score (nSPS) is 18.6. The number of hydrogen-bond acceptors (Lipinski definition) is 5. The highest BCUT2D eigenvalue weighted by atomic mass is 16.5. The van der Waals surface area contributed by atoms with Crippen molar-refractivity contribution in [2.45, 2.75) is 57.5 Å². The standard InChI is InChI=1S/C20H24N2O5/c1-13(22-18(24)15-10-6-7-11-16(15)19(22)25)20(26)27-12-17(23)21-14-8-4-2-3-5-9-14/h6-7,10-11,13-14H,2-5,8-9,12H2,1H3,(H,21,23). The lowest BCUT2D eigenvalue weighted by Crippen LogP contribution is -2.45. The highest BCUT2D eigenvalue weighted by molar-refractivity contribution is 6.22. The Balaban J connectivity index is 1.53. The van der Waals surface area contributed by atoms with Crippen molar-refractivity contribution in [3.63, 3.8) is 0 Å². The van der Waals surface area contributed by atoms with Crippen LogP contribution in [0.5, 0.6) is 0 Å². The quantitative estimate of drug-likeness (QED) is 0.485. The Morgan fingerprint density at radius 2 is 1.63 bits per heavy atom. The molecule has 1 unspecified atom stereocenters. The van der Waals surface area contributed by atoms with E-state index in [0.29, 0.717) is 0 Å². The molecule has 0 radical (unpaired) electrons. The fraction of sp³-hybridized carbons (Fsp3) is 0.500. The monoisotopic (exact) mass is 372 g/mol. The molecule has 2 aliphatic rings. The fourth-order valence-electron chi connectivity index (χ4n) is 3.62. The van der Waals surface area contributed by atoms with Gasteiger partial charge in [0.05, 0.1) is 11.1 Å². The topological polar surface area (TPSA) is 92.8 Å². The molecule has 3 amide bonds. The minimum absolute atomic E-state index is 0.118. The smallest absolute Gasteiger partial charge is 0.329 e. The molecule has 27 heavy (non-hydrogen) atoms. The number of ether oxygens (including phenoxy) is 1. The number of nitrogens with one attached hydrogen (secondary N) is 1. The van der Waals surface area contributed by atoms with Crippen molar-refractivity contribution < 1.29 is 23.9 Å². The van der Waals surface area contributed by atoms with Gasteiger partial charge in [-0.1, -0.05) is 37.8 Å². The second-order valence-electron chi connectivity index (χ2n) is 7.07. The molecule has 0 saturated heterocycles. The maximum absolute atomic E-state index is 12.4. The van der Waals surface area contributed by atoms with Crippen molar-refractivity contribution in [2.75, 3.05) is 6.61 Å². The van der Waals surface area contributed by atoms with Gasteiger partial charge in [0.1, 0.15) is 6.04 Å². The largest absolute Gasteiger partial charge is 0.454 e. The van der Waals surface area contributed by atoms with E-state index in [2.05, 4.69) is 5.32 Å². The molecule has 0 aromatic heterocycles. The molecule has 1 heterocycles. The number of carbonyl (C=O) groups excluding carboxylic acids is 4. The summed E-state index contributed by atoms with van der Waals surface area (Å²) in [6, 6.07) is 5.44. The Hall–Kier alpha value is -2.70. The van der Waals surface area contributed by atoms with Crippen LogP contribution in [0.25, 0.3) is 0 Å². The van der Waals surface area contributed by atoms with Crippen LogP contribution in [0.15, 0.2) is 24.3 Å². The second kappa shape index (κ2) is 8.33. The minimum Gasteiger partial charge on any atom is -0.454 e. The van der Waals surface area contributed by atoms with Gasteiger partial charge in [0.15, 0.2) is 6.61 Å². The van der Waals surface area contributed by atoms with Crippen molar-refractivity contribution in [2.24, 2.45) is 0 Å². The third-order valence-electron chi connectivity index (χ3n) is 5.12. The maximum Gasteiger partial charge on any atom is 0.329 e. The van der Waals surface area contributed by atoms with Gasteiger partial charge < -0.3 is 10.1 Å². The lowest BCUT2D eigenvalue weighted by atomic mass is 10.1. The first-order valence-electron chi connectivity index (χ1n) is 9.42. The zero-order valence-corrected chi connectivity index (χ0v) is 15.4. The van der Waals surface area contributed by atoms with Crippen LogP contribution in [0.4, 0.5) is 0 Å². The van der Waals surface area contributed by atoms with Crippen LogP contribution < -0.4 is 5.32 Å². The summed E-state index contributed by atoms with van der Waals surface area (Å²) >= 11 is 0. The average Bonchev–Trinajstić information content (AvgIpc) is 2.84. The first-order chi connectivity index (χ1) is 13.0. The number of benzene rings is 1. The molecule has 144 valence electrons. The van der Waals surface area contributed by atoms with Crippen molar-refractivity contribution in [3.05, 3.63) is 35.4 Å². The van der Waals surface area contributed by atoms with E-state index in [9.17, 15) is 19.2 Å². The maximum atomic E-state index is 12.4. The van der Waals surface area contributed by atoms with E-state index in [0.717, 1.165) is 30.6 Å². The Morgan fingerprint density at radius 3 is 2.19 bits per heavy atom. The van der Waals surface area contributed by atoms with Gasteiger partial charge in [0.2, 0.25) is 0 Å². The third-order valence-corrected chi connectivity index (χ3v) is 5.12. The van der Waals surface area contributed by atoms with Crippen LogP contribution in [0.1, 0.15) is 66.2 Å². The van der Waals surface area contributed by atoms with Crippen LogP contribution in [-0.4, -0.2) is 47.3 Å². The van der Waals surface area contributed by atoms with Crippen molar-refractivity contribution in [1.29, 1.82) is 0 Å². The summed E-state index contributed by atoms with van der Waals surface area (Å²) in [7, 11) is 0. The molecule has 1 aromatic carbocycles. The van der Waals surface area contributed by atoms with E-state index >= 15 is 0 Å². The Kier molecular flexibility index (Phi) is 5.88. The van der Waals surface area contributed by atoms with Gasteiger partial charge in [-0.25, -0.2) is 4.79 Å². The average molecular weight is 372 g/mol. The predicted molar refractivity (Wildman–Crippen MR) is 97.0 cm³/mol. The highest BCUT2D eigenvalue weighted by Crippen LogP contribution is 2.24. The molecule has 3 rings (SSSR count). The van der Waals surface area contributed by atoms with Crippen molar-refractivity contribution in [1.82, 2.24) is 10.2 Å². The molecular formula is C20H24N2O5. The lowest BCUT2D eigenvalue weighted by Gasteiger charge is -2.21. The van der Waals surface area contributed by atoms with E-state index in [4.69, 9.17) is 4.74 Å². The van der Waals surface area contributed by atoms with Crippen LogP contribution in [-0.2, 0) is 14.3 Å². The van der Waals surface area contributed by atoms with Gasteiger partial charge in [-0.05, 0) is 31.9 Å². The van der Waals surface area contributed by atoms with Crippen molar-refractivity contribution >= 4 is 23.7 Å². The molecule has 1 fully saturated rings. The number of rotatable bonds is 5. The second-order valence-corrected chi connectivity index (χ2v) is 7.07. The Bertz CT molecular complexity index is 717. The fourth-order valence-corrected chi connectivity index (χ4v) is 3.62. The summed E-state index contributed by atoms with van der Waals surface area (Å²) in [5, 5.41) is 2.89. The number of carbonyl (C=O) groups is 4. The summed E-state index contributed by atoms with van der Waals surface area (Å²) in [5.41, 5.74) is 0.543. The molecular weight excluding hydrogens is 348 g/mol. The van der Waals surface area contributed by atoms with Crippen LogP contribution in [0, 0.1) is 0 Å². The molecule has 1 atom stereocenters. The zero-order valence-electron chi connectivity index (χ0n) is 15.4. The molecule has 0 bridgehead atoms. The van der Waals surface area contributed by atoms with E-state index in [-0.39, 0.29) is 23.1 Å². The van der Waals surface area contributed by atoms with Gasteiger partial charge in [-0.15, -0.1) is 0 Å². The van der Waals surface area contributed by atoms with Crippen LogP contribution in [0.2, 0.25) is 0 Å².